The van der Waals surface area contributed by atoms with Crippen molar-refractivity contribution in [1.82, 2.24) is 5.32 Å². The molecule has 0 aromatic heterocycles. The van der Waals surface area contributed by atoms with Crippen LogP contribution in [0.1, 0.15) is 18.1 Å². The van der Waals surface area contributed by atoms with E-state index < -0.39 is 6.10 Å². The zero-order valence-corrected chi connectivity index (χ0v) is 9.27. The second-order valence-corrected chi connectivity index (χ2v) is 3.27. The molecule has 1 aromatic carbocycles. The zero-order valence-electron chi connectivity index (χ0n) is 9.27. The van der Waals surface area contributed by atoms with Crippen LogP contribution in [0.2, 0.25) is 0 Å². The molecule has 1 amide bonds. The van der Waals surface area contributed by atoms with Crippen LogP contribution in [-0.4, -0.2) is 19.6 Å². The molecule has 3 heteroatoms. The minimum Gasteiger partial charge on any atom is -0.367 e. The van der Waals surface area contributed by atoms with Crippen molar-refractivity contribution < 1.29 is 9.53 Å². The van der Waals surface area contributed by atoms with Crippen molar-refractivity contribution in [3.05, 3.63) is 35.9 Å². The maximum atomic E-state index is 11.7. The Morgan fingerprint density at radius 1 is 1.50 bits per heavy atom. The molecule has 0 aliphatic heterocycles. The van der Waals surface area contributed by atoms with Crippen LogP contribution >= 0.6 is 0 Å². The van der Waals surface area contributed by atoms with Gasteiger partial charge in [-0.3, -0.25) is 4.79 Å². The van der Waals surface area contributed by atoms with Gasteiger partial charge in [0.2, 0.25) is 0 Å². The summed E-state index contributed by atoms with van der Waals surface area (Å²) in [4.78, 5) is 11.7. The summed E-state index contributed by atoms with van der Waals surface area (Å²) in [6.45, 7) is 0.474. The molecule has 0 saturated heterocycles. The molecule has 0 fully saturated rings. The van der Waals surface area contributed by atoms with Crippen LogP contribution in [-0.2, 0) is 9.53 Å². The fraction of sp³-hybridized carbons (Fsp3) is 0.308. The SMILES string of the molecule is C#CCCNC(=O)C(OC)c1ccccc1. The lowest BCUT2D eigenvalue weighted by atomic mass is 10.1. The number of benzene rings is 1. The summed E-state index contributed by atoms with van der Waals surface area (Å²) in [5.41, 5.74) is 0.836. The molecule has 3 nitrogen and oxygen atoms in total. The molecule has 1 rings (SSSR count). The van der Waals surface area contributed by atoms with Crippen LogP contribution in [0, 0.1) is 12.3 Å². The predicted molar refractivity (Wildman–Crippen MR) is 62.7 cm³/mol. The highest BCUT2D eigenvalue weighted by Gasteiger charge is 2.18. The number of hydrogen-bond donors (Lipinski definition) is 1. The highest BCUT2D eigenvalue weighted by molar-refractivity contribution is 5.82. The molecule has 0 bridgehead atoms. The number of rotatable bonds is 5. The highest BCUT2D eigenvalue weighted by atomic mass is 16.5. The Morgan fingerprint density at radius 3 is 2.75 bits per heavy atom. The molecule has 0 heterocycles. The first-order valence-corrected chi connectivity index (χ1v) is 5.08. The van der Waals surface area contributed by atoms with E-state index in [2.05, 4.69) is 11.2 Å². The third kappa shape index (κ3) is 3.41. The van der Waals surface area contributed by atoms with Crippen LogP contribution < -0.4 is 5.32 Å². The van der Waals surface area contributed by atoms with Gasteiger partial charge in [0.25, 0.3) is 5.91 Å². The molecule has 1 atom stereocenters. The number of amides is 1. The molecule has 1 aromatic rings. The summed E-state index contributed by atoms with van der Waals surface area (Å²) >= 11 is 0. The van der Waals surface area contributed by atoms with Gasteiger partial charge >= 0.3 is 0 Å². The first-order valence-electron chi connectivity index (χ1n) is 5.08. The van der Waals surface area contributed by atoms with E-state index in [1.807, 2.05) is 30.3 Å². The lowest BCUT2D eigenvalue weighted by Crippen LogP contribution is -2.30. The van der Waals surface area contributed by atoms with Gasteiger partial charge in [0.1, 0.15) is 0 Å². The van der Waals surface area contributed by atoms with E-state index >= 15 is 0 Å². The summed E-state index contributed by atoms with van der Waals surface area (Å²) in [5, 5.41) is 2.73. The summed E-state index contributed by atoms with van der Waals surface area (Å²) in [7, 11) is 1.51. The average Bonchev–Trinajstić information content (AvgIpc) is 2.32. The Balaban J connectivity index is 2.61. The highest BCUT2D eigenvalue weighted by Crippen LogP contribution is 2.15. The van der Waals surface area contributed by atoms with Crippen LogP contribution in [0.25, 0.3) is 0 Å². The zero-order chi connectivity index (χ0) is 11.8. The normalized spacial score (nSPS) is 11.5. The van der Waals surface area contributed by atoms with E-state index in [0.717, 1.165) is 5.56 Å². The van der Waals surface area contributed by atoms with Crippen molar-refractivity contribution in [2.75, 3.05) is 13.7 Å². The van der Waals surface area contributed by atoms with E-state index in [9.17, 15) is 4.79 Å². The van der Waals surface area contributed by atoms with Crippen LogP contribution in [0.15, 0.2) is 30.3 Å². The van der Waals surface area contributed by atoms with E-state index in [-0.39, 0.29) is 5.91 Å². The molecule has 0 aliphatic carbocycles. The molecular formula is C13H15NO2. The molecule has 0 saturated carbocycles. The van der Waals surface area contributed by atoms with Gasteiger partial charge in [0, 0.05) is 20.1 Å². The predicted octanol–water partition coefficient (Wildman–Crippen LogP) is 1.51. The molecule has 0 aliphatic rings. The maximum absolute atomic E-state index is 11.7. The van der Waals surface area contributed by atoms with E-state index in [1.165, 1.54) is 7.11 Å². The van der Waals surface area contributed by atoms with Crippen LogP contribution in [0.5, 0.6) is 0 Å². The van der Waals surface area contributed by atoms with Crippen LogP contribution in [0.4, 0.5) is 0 Å². The number of hydrogen-bond acceptors (Lipinski definition) is 2. The summed E-state index contributed by atoms with van der Waals surface area (Å²) < 4.78 is 5.17. The topological polar surface area (TPSA) is 38.3 Å². The number of ether oxygens (including phenoxy) is 1. The van der Waals surface area contributed by atoms with Gasteiger partial charge in [-0.2, -0.15) is 0 Å². The van der Waals surface area contributed by atoms with E-state index in [1.54, 1.807) is 0 Å². The summed E-state index contributed by atoms with van der Waals surface area (Å²) in [6.07, 6.45) is 5.06. The quantitative estimate of drug-likeness (QED) is 0.599. The Labute approximate surface area is 95.8 Å². The second kappa shape index (κ2) is 6.65. The fourth-order valence-corrected chi connectivity index (χ4v) is 1.37. The number of carbonyl (C=O) groups is 1. The Bertz CT molecular complexity index is 367. The number of methoxy groups -OCH3 is 1. The first-order chi connectivity index (χ1) is 7.79. The van der Waals surface area contributed by atoms with Crippen molar-refractivity contribution in [3.8, 4) is 12.3 Å². The van der Waals surface area contributed by atoms with Crippen molar-refractivity contribution >= 4 is 5.91 Å². The third-order valence-corrected chi connectivity index (χ3v) is 2.14. The molecule has 1 unspecified atom stereocenters. The number of nitrogens with one attached hydrogen (secondary N) is 1. The van der Waals surface area contributed by atoms with Crippen molar-refractivity contribution in [2.24, 2.45) is 0 Å². The largest absolute Gasteiger partial charge is 0.367 e. The number of carbonyl (C=O) groups excluding carboxylic acids is 1. The van der Waals surface area contributed by atoms with Gasteiger partial charge < -0.3 is 10.1 Å². The van der Waals surface area contributed by atoms with Crippen molar-refractivity contribution in [3.63, 3.8) is 0 Å². The lowest BCUT2D eigenvalue weighted by molar-refractivity contribution is -0.131. The fourth-order valence-electron chi connectivity index (χ4n) is 1.37. The Kier molecular flexibility index (Phi) is 5.10. The lowest BCUT2D eigenvalue weighted by Gasteiger charge is -2.14. The molecule has 1 N–H and O–H groups in total. The molecule has 0 radical (unpaired) electrons. The van der Waals surface area contributed by atoms with Gasteiger partial charge in [0.15, 0.2) is 6.10 Å². The Morgan fingerprint density at radius 2 is 2.19 bits per heavy atom. The smallest absolute Gasteiger partial charge is 0.253 e. The van der Waals surface area contributed by atoms with Gasteiger partial charge in [0.05, 0.1) is 0 Å². The standard InChI is InChI=1S/C13H15NO2/c1-3-4-10-14-13(15)12(16-2)11-8-6-5-7-9-11/h1,5-9,12H,4,10H2,2H3,(H,14,15). The van der Waals surface area contributed by atoms with Gasteiger partial charge in [-0.25, -0.2) is 0 Å². The third-order valence-electron chi connectivity index (χ3n) is 2.14. The number of terminal acetylenes is 1. The first kappa shape index (κ1) is 12.3. The average molecular weight is 217 g/mol. The monoisotopic (exact) mass is 217 g/mol. The molecular weight excluding hydrogens is 202 g/mol. The van der Waals surface area contributed by atoms with Gasteiger partial charge in [-0.15, -0.1) is 12.3 Å². The minimum absolute atomic E-state index is 0.163. The summed E-state index contributed by atoms with van der Waals surface area (Å²) in [5.74, 6) is 2.30. The van der Waals surface area contributed by atoms with Gasteiger partial charge in [-0.1, -0.05) is 30.3 Å². The molecule has 0 spiro atoms. The second-order valence-electron chi connectivity index (χ2n) is 3.27. The molecule has 16 heavy (non-hydrogen) atoms. The van der Waals surface area contributed by atoms with Crippen molar-refractivity contribution in [1.29, 1.82) is 0 Å². The van der Waals surface area contributed by atoms with E-state index in [0.29, 0.717) is 13.0 Å². The Hall–Kier alpha value is -1.79. The van der Waals surface area contributed by atoms with E-state index in [4.69, 9.17) is 11.2 Å². The minimum atomic E-state index is -0.570. The van der Waals surface area contributed by atoms with Crippen LogP contribution in [0.3, 0.4) is 0 Å². The summed E-state index contributed by atoms with van der Waals surface area (Å²) in [6, 6.07) is 9.35. The maximum Gasteiger partial charge on any atom is 0.253 e. The molecule has 84 valence electrons. The van der Waals surface area contributed by atoms with Gasteiger partial charge in [-0.05, 0) is 5.56 Å². The van der Waals surface area contributed by atoms with Crippen molar-refractivity contribution in [2.45, 2.75) is 12.5 Å².